The highest BCUT2D eigenvalue weighted by molar-refractivity contribution is 9.10. The summed E-state index contributed by atoms with van der Waals surface area (Å²) in [5, 5.41) is 3.43. The van der Waals surface area contributed by atoms with Crippen molar-refractivity contribution < 1.29 is 4.79 Å². The fraction of sp³-hybridized carbons (Fsp3) is 0.250. The van der Waals surface area contributed by atoms with Crippen LogP contribution in [-0.2, 0) is 4.79 Å². The minimum Gasteiger partial charge on any atom is -0.376 e. The van der Waals surface area contributed by atoms with E-state index in [2.05, 4.69) is 32.3 Å². The van der Waals surface area contributed by atoms with Crippen molar-refractivity contribution >= 4 is 33.2 Å². The first-order chi connectivity index (χ1) is 10.1. The standard InChI is InChI=1S/C16H16BrN3O/c1-10-7-11(9-18-16(10)17)19-13-8-15(21)20(2)14-6-4-3-5-12(13)14/h3-7,9,13,19H,8H2,1-2H3. The molecule has 2 aromatic rings. The topological polar surface area (TPSA) is 45.2 Å². The second-order valence-corrected chi connectivity index (χ2v) is 6.00. The number of amides is 1. The molecule has 5 heteroatoms. The van der Waals surface area contributed by atoms with Crippen molar-refractivity contribution in [1.29, 1.82) is 0 Å². The van der Waals surface area contributed by atoms with E-state index < -0.39 is 0 Å². The van der Waals surface area contributed by atoms with Gasteiger partial charge in [0.2, 0.25) is 5.91 Å². The van der Waals surface area contributed by atoms with Gasteiger partial charge in [-0.3, -0.25) is 4.79 Å². The summed E-state index contributed by atoms with van der Waals surface area (Å²) in [5.41, 5.74) is 4.09. The Labute approximate surface area is 132 Å². The quantitative estimate of drug-likeness (QED) is 0.844. The lowest BCUT2D eigenvalue weighted by Crippen LogP contribution is -2.35. The Bertz CT molecular complexity index is 702. The average molecular weight is 346 g/mol. The third kappa shape index (κ3) is 2.65. The lowest BCUT2D eigenvalue weighted by molar-refractivity contribution is -0.118. The zero-order valence-electron chi connectivity index (χ0n) is 11.9. The van der Waals surface area contributed by atoms with Crippen LogP contribution in [-0.4, -0.2) is 17.9 Å². The van der Waals surface area contributed by atoms with Crippen LogP contribution in [0.15, 0.2) is 41.1 Å². The van der Waals surface area contributed by atoms with Crippen LogP contribution in [0, 0.1) is 6.92 Å². The second kappa shape index (κ2) is 5.48. The molecule has 108 valence electrons. The zero-order valence-corrected chi connectivity index (χ0v) is 13.5. The predicted molar refractivity (Wildman–Crippen MR) is 87.5 cm³/mol. The second-order valence-electron chi connectivity index (χ2n) is 5.24. The molecule has 1 aliphatic rings. The van der Waals surface area contributed by atoms with Gasteiger partial charge in [0.25, 0.3) is 0 Å². The van der Waals surface area contributed by atoms with Gasteiger partial charge in [-0.2, -0.15) is 0 Å². The minimum absolute atomic E-state index is 0.0210. The number of hydrogen-bond acceptors (Lipinski definition) is 3. The lowest BCUT2D eigenvalue weighted by Gasteiger charge is -2.32. The van der Waals surface area contributed by atoms with Gasteiger partial charge in [0, 0.05) is 12.7 Å². The van der Waals surface area contributed by atoms with E-state index in [4.69, 9.17) is 0 Å². The van der Waals surface area contributed by atoms with E-state index in [1.165, 1.54) is 0 Å². The van der Waals surface area contributed by atoms with Crippen LogP contribution in [0.25, 0.3) is 0 Å². The highest BCUT2D eigenvalue weighted by Crippen LogP contribution is 2.35. The fourth-order valence-corrected chi connectivity index (χ4v) is 2.83. The molecule has 1 aromatic heterocycles. The molecule has 0 bridgehead atoms. The number of halogens is 1. The molecule has 0 fully saturated rings. The number of carbonyl (C=O) groups is 1. The van der Waals surface area contributed by atoms with E-state index in [0.717, 1.165) is 27.1 Å². The summed E-state index contributed by atoms with van der Waals surface area (Å²) < 4.78 is 0.841. The Morgan fingerprint density at radius 1 is 1.38 bits per heavy atom. The van der Waals surface area contributed by atoms with Crippen LogP contribution in [0.1, 0.15) is 23.6 Å². The predicted octanol–water partition coefficient (Wildman–Crippen LogP) is 3.67. The first kappa shape index (κ1) is 14.1. The smallest absolute Gasteiger partial charge is 0.229 e. The van der Waals surface area contributed by atoms with Crippen LogP contribution in [0.4, 0.5) is 11.4 Å². The van der Waals surface area contributed by atoms with Crippen molar-refractivity contribution in [2.45, 2.75) is 19.4 Å². The fourth-order valence-electron chi connectivity index (χ4n) is 2.61. The molecular weight excluding hydrogens is 330 g/mol. The summed E-state index contributed by atoms with van der Waals surface area (Å²) in [5.74, 6) is 0.119. The van der Waals surface area contributed by atoms with Crippen LogP contribution in [0.3, 0.4) is 0 Å². The number of rotatable bonds is 2. The maximum Gasteiger partial charge on any atom is 0.229 e. The summed E-state index contributed by atoms with van der Waals surface area (Å²) in [4.78, 5) is 18.2. The van der Waals surface area contributed by atoms with Crippen molar-refractivity contribution in [2.24, 2.45) is 0 Å². The largest absolute Gasteiger partial charge is 0.376 e. The van der Waals surface area contributed by atoms with Gasteiger partial charge >= 0.3 is 0 Å². The molecule has 0 radical (unpaired) electrons. The van der Waals surface area contributed by atoms with Gasteiger partial charge in [-0.25, -0.2) is 4.98 Å². The molecule has 4 nitrogen and oxygen atoms in total. The highest BCUT2D eigenvalue weighted by Gasteiger charge is 2.28. The van der Waals surface area contributed by atoms with E-state index in [1.807, 2.05) is 38.2 Å². The van der Waals surface area contributed by atoms with E-state index in [-0.39, 0.29) is 11.9 Å². The van der Waals surface area contributed by atoms with Crippen molar-refractivity contribution in [2.75, 3.05) is 17.3 Å². The first-order valence-electron chi connectivity index (χ1n) is 6.80. The molecule has 1 amide bonds. The number of carbonyl (C=O) groups excluding carboxylic acids is 1. The molecule has 1 aliphatic heterocycles. The number of fused-ring (bicyclic) bond motifs is 1. The van der Waals surface area contributed by atoms with Crippen LogP contribution >= 0.6 is 15.9 Å². The number of aromatic nitrogens is 1. The van der Waals surface area contributed by atoms with Crippen LogP contribution < -0.4 is 10.2 Å². The number of pyridine rings is 1. The number of hydrogen-bond donors (Lipinski definition) is 1. The molecule has 0 saturated carbocycles. The van der Waals surface area contributed by atoms with Gasteiger partial charge in [0.05, 0.1) is 24.3 Å². The van der Waals surface area contributed by atoms with Crippen molar-refractivity contribution in [3.63, 3.8) is 0 Å². The van der Waals surface area contributed by atoms with Gasteiger partial charge < -0.3 is 10.2 Å². The summed E-state index contributed by atoms with van der Waals surface area (Å²) in [6.07, 6.45) is 2.23. The van der Waals surface area contributed by atoms with Crippen LogP contribution in [0.2, 0.25) is 0 Å². The molecule has 1 atom stereocenters. The molecule has 0 spiro atoms. The normalized spacial score (nSPS) is 17.6. The van der Waals surface area contributed by atoms with Gasteiger partial charge in [-0.1, -0.05) is 18.2 Å². The lowest BCUT2D eigenvalue weighted by atomic mass is 9.96. The highest BCUT2D eigenvalue weighted by atomic mass is 79.9. The molecule has 1 N–H and O–H groups in total. The molecule has 21 heavy (non-hydrogen) atoms. The average Bonchev–Trinajstić information content (AvgIpc) is 2.48. The summed E-state index contributed by atoms with van der Waals surface area (Å²) in [7, 11) is 1.82. The minimum atomic E-state index is -0.0210. The monoisotopic (exact) mass is 345 g/mol. The van der Waals surface area contributed by atoms with E-state index in [1.54, 1.807) is 11.1 Å². The Morgan fingerprint density at radius 2 is 2.14 bits per heavy atom. The summed E-state index contributed by atoms with van der Waals surface area (Å²) >= 11 is 3.40. The van der Waals surface area contributed by atoms with Crippen molar-refractivity contribution in [1.82, 2.24) is 4.98 Å². The van der Waals surface area contributed by atoms with E-state index in [0.29, 0.717) is 6.42 Å². The van der Waals surface area contributed by atoms with E-state index in [9.17, 15) is 4.79 Å². The third-order valence-corrected chi connectivity index (χ3v) is 4.61. The number of benzene rings is 1. The first-order valence-corrected chi connectivity index (χ1v) is 7.59. The Kier molecular flexibility index (Phi) is 3.68. The molecular formula is C16H16BrN3O. The van der Waals surface area contributed by atoms with Gasteiger partial charge in [-0.15, -0.1) is 0 Å². The Hall–Kier alpha value is -1.88. The van der Waals surface area contributed by atoms with Crippen LogP contribution in [0.5, 0.6) is 0 Å². The molecule has 1 unspecified atom stereocenters. The molecule has 3 rings (SSSR count). The number of nitrogens with zero attached hydrogens (tertiary/aromatic N) is 2. The number of para-hydroxylation sites is 1. The molecule has 1 aromatic carbocycles. The summed E-state index contributed by atoms with van der Waals surface area (Å²) in [6.45, 7) is 2.00. The Morgan fingerprint density at radius 3 is 2.90 bits per heavy atom. The molecule has 0 aliphatic carbocycles. The summed E-state index contributed by atoms with van der Waals surface area (Å²) in [6, 6.07) is 10.0. The van der Waals surface area contributed by atoms with Gasteiger partial charge in [-0.05, 0) is 46.1 Å². The number of anilines is 2. The molecule has 0 saturated heterocycles. The molecule has 2 heterocycles. The Balaban J connectivity index is 1.93. The maximum absolute atomic E-state index is 12.1. The van der Waals surface area contributed by atoms with Gasteiger partial charge in [0.1, 0.15) is 4.60 Å². The SMILES string of the molecule is Cc1cc(NC2CC(=O)N(C)c3ccccc32)cnc1Br. The zero-order chi connectivity index (χ0) is 15.0. The van der Waals surface area contributed by atoms with Crippen molar-refractivity contribution in [3.05, 3.63) is 52.3 Å². The number of aryl methyl sites for hydroxylation is 1. The third-order valence-electron chi connectivity index (χ3n) is 3.78. The number of nitrogens with one attached hydrogen (secondary N) is 1. The van der Waals surface area contributed by atoms with E-state index >= 15 is 0 Å². The van der Waals surface area contributed by atoms with Gasteiger partial charge in [0.15, 0.2) is 0 Å². The maximum atomic E-state index is 12.1. The van der Waals surface area contributed by atoms with Crippen molar-refractivity contribution in [3.8, 4) is 0 Å².